The summed E-state index contributed by atoms with van der Waals surface area (Å²) >= 11 is 0. The lowest BCUT2D eigenvalue weighted by atomic mass is 9.95. The number of para-hydroxylation sites is 2. The van der Waals surface area contributed by atoms with Gasteiger partial charge in [-0.2, -0.15) is 0 Å². The minimum absolute atomic E-state index is 0.0774. The van der Waals surface area contributed by atoms with Crippen molar-refractivity contribution in [1.29, 1.82) is 0 Å². The van der Waals surface area contributed by atoms with E-state index >= 15 is 0 Å². The summed E-state index contributed by atoms with van der Waals surface area (Å²) in [6.45, 7) is 0. The van der Waals surface area contributed by atoms with Crippen LogP contribution in [0.4, 0.5) is 11.4 Å². The van der Waals surface area contributed by atoms with Crippen molar-refractivity contribution in [1.82, 2.24) is 0 Å². The molecule has 2 aromatic carbocycles. The fourth-order valence-electron chi connectivity index (χ4n) is 3.24. The number of aromatic carboxylic acids is 1. The molecule has 0 bridgehead atoms. The average molecular weight is 338 g/mol. The Bertz CT molecular complexity index is 767. The van der Waals surface area contributed by atoms with E-state index in [4.69, 9.17) is 0 Å². The van der Waals surface area contributed by atoms with Crippen LogP contribution in [0.25, 0.3) is 0 Å². The van der Waals surface area contributed by atoms with Crippen molar-refractivity contribution in [2.75, 3.05) is 10.6 Å². The van der Waals surface area contributed by atoms with Crippen molar-refractivity contribution >= 4 is 23.3 Å². The number of carboxylic acid groups (broad SMARTS) is 1. The van der Waals surface area contributed by atoms with E-state index < -0.39 is 5.97 Å². The quantitative estimate of drug-likeness (QED) is 0.756. The maximum absolute atomic E-state index is 12.7. The zero-order chi connectivity index (χ0) is 17.6. The minimum atomic E-state index is -1.07. The molecule has 0 atom stereocenters. The van der Waals surface area contributed by atoms with Gasteiger partial charge in [-0.3, -0.25) is 4.79 Å². The molecular weight excluding hydrogens is 316 g/mol. The van der Waals surface area contributed by atoms with E-state index in [0.29, 0.717) is 17.3 Å². The second-order valence-corrected chi connectivity index (χ2v) is 6.33. The van der Waals surface area contributed by atoms with Crippen LogP contribution < -0.4 is 10.6 Å². The summed E-state index contributed by atoms with van der Waals surface area (Å²) in [5.41, 5.74) is 1.69. The molecule has 5 heteroatoms. The molecule has 1 fully saturated rings. The molecule has 0 saturated heterocycles. The lowest BCUT2D eigenvalue weighted by molar-refractivity contribution is 0.0698. The number of rotatable bonds is 5. The molecule has 0 heterocycles. The molecule has 130 valence electrons. The van der Waals surface area contributed by atoms with Gasteiger partial charge < -0.3 is 15.7 Å². The van der Waals surface area contributed by atoms with Crippen LogP contribution in [0.15, 0.2) is 48.5 Å². The van der Waals surface area contributed by atoms with Crippen LogP contribution in [0.1, 0.15) is 52.8 Å². The first-order chi connectivity index (χ1) is 12.1. The van der Waals surface area contributed by atoms with Gasteiger partial charge in [-0.15, -0.1) is 0 Å². The highest BCUT2D eigenvalue weighted by molar-refractivity contribution is 6.10. The van der Waals surface area contributed by atoms with Crippen molar-refractivity contribution in [2.24, 2.45) is 0 Å². The Balaban J connectivity index is 1.79. The summed E-state index contributed by atoms with van der Waals surface area (Å²) in [6, 6.07) is 14.1. The SMILES string of the molecule is O=C(O)c1ccccc1NC(=O)c1ccccc1NC1CCCCC1. The van der Waals surface area contributed by atoms with E-state index in [1.165, 1.54) is 25.3 Å². The number of carbonyl (C=O) groups excluding carboxylic acids is 1. The molecule has 0 unspecified atom stereocenters. The van der Waals surface area contributed by atoms with E-state index in [-0.39, 0.29) is 11.5 Å². The van der Waals surface area contributed by atoms with Crippen LogP contribution in [-0.2, 0) is 0 Å². The Morgan fingerprint density at radius 3 is 2.12 bits per heavy atom. The number of hydrogen-bond donors (Lipinski definition) is 3. The van der Waals surface area contributed by atoms with Crippen LogP contribution in [0.3, 0.4) is 0 Å². The van der Waals surface area contributed by atoms with E-state index in [1.807, 2.05) is 18.2 Å². The zero-order valence-corrected chi connectivity index (χ0v) is 14.0. The van der Waals surface area contributed by atoms with Crippen LogP contribution in [0, 0.1) is 0 Å². The second kappa shape index (κ2) is 7.83. The molecule has 0 aromatic heterocycles. The van der Waals surface area contributed by atoms with Gasteiger partial charge in [0.1, 0.15) is 0 Å². The van der Waals surface area contributed by atoms with E-state index in [1.54, 1.807) is 24.3 Å². The number of carbonyl (C=O) groups is 2. The molecule has 2 aromatic rings. The molecule has 1 amide bonds. The maximum atomic E-state index is 12.7. The first-order valence-corrected chi connectivity index (χ1v) is 8.64. The van der Waals surface area contributed by atoms with Gasteiger partial charge in [0.25, 0.3) is 5.91 Å². The van der Waals surface area contributed by atoms with Gasteiger partial charge in [0.15, 0.2) is 0 Å². The Hall–Kier alpha value is -2.82. The summed E-state index contributed by atoms with van der Waals surface area (Å²) in [4.78, 5) is 24.0. The van der Waals surface area contributed by atoms with Gasteiger partial charge in [-0.05, 0) is 37.1 Å². The molecule has 25 heavy (non-hydrogen) atoms. The zero-order valence-electron chi connectivity index (χ0n) is 14.0. The van der Waals surface area contributed by atoms with Gasteiger partial charge in [0.2, 0.25) is 0 Å². The average Bonchev–Trinajstić information content (AvgIpc) is 2.63. The van der Waals surface area contributed by atoms with Gasteiger partial charge in [-0.25, -0.2) is 4.79 Å². The molecule has 0 radical (unpaired) electrons. The normalized spacial score (nSPS) is 14.7. The summed E-state index contributed by atoms with van der Waals surface area (Å²) in [5, 5.41) is 15.5. The number of carboxylic acids is 1. The monoisotopic (exact) mass is 338 g/mol. The molecule has 3 rings (SSSR count). The molecule has 3 N–H and O–H groups in total. The minimum Gasteiger partial charge on any atom is -0.478 e. The number of amides is 1. The first kappa shape index (κ1) is 17.0. The molecule has 1 aliphatic carbocycles. The number of benzene rings is 2. The molecular formula is C20H22N2O3. The highest BCUT2D eigenvalue weighted by atomic mass is 16.4. The standard InChI is InChI=1S/C20H22N2O3/c23-19(22-18-13-7-5-11-16(18)20(24)25)15-10-4-6-12-17(15)21-14-8-2-1-3-9-14/h4-7,10-14,21H,1-3,8-9H2,(H,22,23)(H,24,25). The summed E-state index contributed by atoms with van der Waals surface area (Å²) in [5.74, 6) is -1.38. The molecule has 0 spiro atoms. The molecule has 1 saturated carbocycles. The van der Waals surface area contributed by atoms with Crippen molar-refractivity contribution in [3.63, 3.8) is 0 Å². The van der Waals surface area contributed by atoms with Crippen LogP contribution >= 0.6 is 0 Å². The van der Waals surface area contributed by atoms with E-state index in [2.05, 4.69) is 10.6 Å². The molecule has 1 aliphatic rings. The topological polar surface area (TPSA) is 78.4 Å². The summed E-state index contributed by atoms with van der Waals surface area (Å²) in [7, 11) is 0. The smallest absolute Gasteiger partial charge is 0.337 e. The third kappa shape index (κ3) is 4.18. The van der Waals surface area contributed by atoms with Crippen molar-refractivity contribution in [3.8, 4) is 0 Å². The predicted molar refractivity (Wildman–Crippen MR) is 98.3 cm³/mol. The van der Waals surface area contributed by atoms with Crippen LogP contribution in [-0.4, -0.2) is 23.0 Å². The third-order valence-electron chi connectivity index (χ3n) is 4.54. The number of anilines is 2. The van der Waals surface area contributed by atoms with Crippen molar-refractivity contribution in [2.45, 2.75) is 38.1 Å². The van der Waals surface area contributed by atoms with Gasteiger partial charge in [-0.1, -0.05) is 43.5 Å². The number of hydrogen-bond acceptors (Lipinski definition) is 3. The largest absolute Gasteiger partial charge is 0.478 e. The Kier molecular flexibility index (Phi) is 5.33. The predicted octanol–water partition coefficient (Wildman–Crippen LogP) is 4.38. The highest BCUT2D eigenvalue weighted by Gasteiger charge is 2.18. The van der Waals surface area contributed by atoms with E-state index in [0.717, 1.165) is 18.5 Å². The number of nitrogens with one attached hydrogen (secondary N) is 2. The van der Waals surface area contributed by atoms with Crippen molar-refractivity contribution < 1.29 is 14.7 Å². The highest BCUT2D eigenvalue weighted by Crippen LogP contribution is 2.25. The van der Waals surface area contributed by atoms with Crippen molar-refractivity contribution in [3.05, 3.63) is 59.7 Å². The third-order valence-corrected chi connectivity index (χ3v) is 4.54. The summed E-state index contributed by atoms with van der Waals surface area (Å²) < 4.78 is 0. The maximum Gasteiger partial charge on any atom is 0.337 e. The second-order valence-electron chi connectivity index (χ2n) is 6.33. The summed E-state index contributed by atoms with van der Waals surface area (Å²) in [6.07, 6.45) is 5.90. The van der Waals surface area contributed by atoms with Crippen LogP contribution in [0.2, 0.25) is 0 Å². The molecule has 5 nitrogen and oxygen atoms in total. The van der Waals surface area contributed by atoms with Gasteiger partial charge in [0, 0.05) is 11.7 Å². The lowest BCUT2D eigenvalue weighted by Gasteiger charge is -2.25. The molecule has 0 aliphatic heterocycles. The lowest BCUT2D eigenvalue weighted by Crippen LogP contribution is -2.24. The Labute approximate surface area is 147 Å². The Morgan fingerprint density at radius 2 is 1.44 bits per heavy atom. The first-order valence-electron chi connectivity index (χ1n) is 8.64. The fourth-order valence-corrected chi connectivity index (χ4v) is 3.24. The Morgan fingerprint density at radius 1 is 0.840 bits per heavy atom. The van der Waals surface area contributed by atoms with E-state index in [9.17, 15) is 14.7 Å². The van der Waals surface area contributed by atoms with Gasteiger partial charge in [0.05, 0.1) is 16.8 Å². The fraction of sp³-hybridized carbons (Fsp3) is 0.300. The van der Waals surface area contributed by atoms with Gasteiger partial charge >= 0.3 is 5.97 Å². The van der Waals surface area contributed by atoms with Crippen LogP contribution in [0.5, 0.6) is 0 Å².